The fourth-order valence-electron chi connectivity index (χ4n) is 3.56. The molecule has 0 aliphatic heterocycles. The maximum absolute atomic E-state index is 13.5. The van der Waals surface area contributed by atoms with Gasteiger partial charge in [0, 0.05) is 13.1 Å². The van der Waals surface area contributed by atoms with E-state index in [1.807, 2.05) is 19.1 Å². The molecule has 0 aliphatic rings. The summed E-state index contributed by atoms with van der Waals surface area (Å²) in [5.41, 5.74) is 2.10. The van der Waals surface area contributed by atoms with E-state index in [1.165, 1.54) is 4.90 Å². The lowest BCUT2D eigenvalue weighted by Crippen LogP contribution is -2.52. The van der Waals surface area contributed by atoms with Crippen molar-refractivity contribution >= 4 is 50.7 Å². The first-order valence-electron chi connectivity index (χ1n) is 11.1. The van der Waals surface area contributed by atoms with Crippen LogP contribution in [0.1, 0.15) is 38.3 Å². The number of aryl methyl sites for hydroxylation is 1. The van der Waals surface area contributed by atoms with Gasteiger partial charge in [-0.3, -0.25) is 13.9 Å². The summed E-state index contributed by atoms with van der Waals surface area (Å²) in [6.45, 7) is 5.62. The van der Waals surface area contributed by atoms with Crippen LogP contribution in [0, 0.1) is 0 Å². The number of anilines is 1. The van der Waals surface area contributed by atoms with E-state index >= 15 is 0 Å². The predicted octanol–water partition coefficient (Wildman–Crippen LogP) is 4.27. The van der Waals surface area contributed by atoms with E-state index in [1.54, 1.807) is 44.2 Å². The van der Waals surface area contributed by atoms with Crippen LogP contribution in [0.4, 0.5) is 5.69 Å². The highest BCUT2D eigenvalue weighted by Gasteiger charge is 2.31. The zero-order valence-electron chi connectivity index (χ0n) is 19.8. The molecule has 10 heteroatoms. The third-order valence-corrected chi connectivity index (χ3v) is 7.27. The standard InChI is InChI=1S/C24H31Cl2N3O4S/c1-5-17-8-11-19(12-9-17)29(34(4,32)33)16-23(30)28(22(6-2)24(31)27-7-3)15-18-10-13-20(25)21(26)14-18/h8-14,22H,5-7,15-16H2,1-4H3,(H,27,31)/t22-/m1/s1. The number of rotatable bonds is 11. The normalized spacial score (nSPS) is 12.2. The predicted molar refractivity (Wildman–Crippen MR) is 138 cm³/mol. The van der Waals surface area contributed by atoms with Crippen LogP contribution in [0.3, 0.4) is 0 Å². The average molecular weight is 529 g/mol. The number of nitrogens with zero attached hydrogens (tertiary/aromatic N) is 2. The van der Waals surface area contributed by atoms with Crippen LogP contribution >= 0.6 is 23.2 Å². The van der Waals surface area contributed by atoms with Crippen molar-refractivity contribution < 1.29 is 18.0 Å². The van der Waals surface area contributed by atoms with E-state index in [0.717, 1.165) is 22.5 Å². The first-order chi connectivity index (χ1) is 16.0. The molecule has 1 atom stereocenters. The molecule has 2 aromatic rings. The second-order valence-corrected chi connectivity index (χ2v) is 10.6. The number of likely N-dealkylation sites (N-methyl/N-ethyl adjacent to an activating group) is 1. The van der Waals surface area contributed by atoms with Gasteiger partial charge in [-0.1, -0.05) is 55.2 Å². The third-order valence-electron chi connectivity index (χ3n) is 5.39. The Bertz CT molecular complexity index is 1110. The van der Waals surface area contributed by atoms with Gasteiger partial charge in [0.25, 0.3) is 0 Å². The number of benzene rings is 2. The van der Waals surface area contributed by atoms with E-state index in [4.69, 9.17) is 23.2 Å². The van der Waals surface area contributed by atoms with E-state index in [2.05, 4.69) is 5.32 Å². The average Bonchev–Trinajstić information content (AvgIpc) is 2.79. The molecule has 0 heterocycles. The lowest BCUT2D eigenvalue weighted by atomic mass is 10.1. The van der Waals surface area contributed by atoms with Gasteiger partial charge in [-0.05, 0) is 55.2 Å². The molecule has 34 heavy (non-hydrogen) atoms. The zero-order chi connectivity index (χ0) is 25.5. The van der Waals surface area contributed by atoms with Crippen molar-refractivity contribution in [2.24, 2.45) is 0 Å². The molecule has 2 amide bonds. The quantitative estimate of drug-likeness (QED) is 0.472. The zero-order valence-corrected chi connectivity index (χ0v) is 22.2. The Morgan fingerprint density at radius 2 is 1.59 bits per heavy atom. The molecule has 0 unspecified atom stereocenters. The van der Waals surface area contributed by atoms with Gasteiger partial charge in [0.15, 0.2) is 0 Å². The van der Waals surface area contributed by atoms with Crippen LogP contribution in [0.25, 0.3) is 0 Å². The van der Waals surface area contributed by atoms with Gasteiger partial charge in [0.05, 0.1) is 22.0 Å². The van der Waals surface area contributed by atoms with Crippen molar-refractivity contribution in [3.63, 3.8) is 0 Å². The molecular formula is C24H31Cl2N3O4S. The van der Waals surface area contributed by atoms with Crippen molar-refractivity contribution in [1.29, 1.82) is 0 Å². The van der Waals surface area contributed by atoms with Gasteiger partial charge in [-0.2, -0.15) is 0 Å². The van der Waals surface area contributed by atoms with Crippen LogP contribution in [0.2, 0.25) is 10.0 Å². The molecule has 186 valence electrons. The highest BCUT2D eigenvalue weighted by molar-refractivity contribution is 7.92. The Labute approximate surface area is 212 Å². The molecule has 2 rings (SSSR count). The maximum atomic E-state index is 13.5. The maximum Gasteiger partial charge on any atom is 0.244 e. The highest BCUT2D eigenvalue weighted by atomic mass is 35.5. The van der Waals surface area contributed by atoms with Crippen LogP contribution in [-0.2, 0) is 32.6 Å². The SMILES string of the molecule is CCNC(=O)[C@@H](CC)N(Cc1ccc(Cl)c(Cl)c1)C(=O)CN(c1ccc(CC)cc1)S(C)(=O)=O. The number of carbonyl (C=O) groups is 2. The highest BCUT2D eigenvalue weighted by Crippen LogP contribution is 2.25. The summed E-state index contributed by atoms with van der Waals surface area (Å²) in [6.07, 6.45) is 2.21. The molecule has 0 aliphatic carbocycles. The second-order valence-electron chi connectivity index (χ2n) is 7.88. The van der Waals surface area contributed by atoms with Crippen molar-refractivity contribution in [2.45, 2.75) is 46.2 Å². The van der Waals surface area contributed by atoms with Gasteiger partial charge in [-0.15, -0.1) is 0 Å². The molecule has 0 spiro atoms. The number of hydrogen-bond acceptors (Lipinski definition) is 4. The minimum atomic E-state index is -3.77. The fourth-order valence-corrected chi connectivity index (χ4v) is 4.73. The summed E-state index contributed by atoms with van der Waals surface area (Å²) in [7, 11) is -3.77. The van der Waals surface area contributed by atoms with E-state index < -0.39 is 28.5 Å². The molecule has 0 fully saturated rings. The Hall–Kier alpha value is -2.29. The molecule has 1 N–H and O–H groups in total. The Morgan fingerprint density at radius 1 is 0.971 bits per heavy atom. The topological polar surface area (TPSA) is 86.8 Å². The minimum absolute atomic E-state index is 0.0672. The molecule has 7 nitrogen and oxygen atoms in total. The molecular weight excluding hydrogens is 497 g/mol. The molecule has 0 saturated carbocycles. The Kier molecular flexibility index (Phi) is 10.2. The summed E-state index contributed by atoms with van der Waals surface area (Å²) < 4.78 is 26.3. The lowest BCUT2D eigenvalue weighted by molar-refractivity contribution is -0.140. The molecule has 0 saturated heterocycles. The van der Waals surface area contributed by atoms with Crippen LogP contribution < -0.4 is 9.62 Å². The van der Waals surface area contributed by atoms with Crippen LogP contribution in [0.5, 0.6) is 0 Å². The fraction of sp³-hybridized carbons (Fsp3) is 0.417. The summed E-state index contributed by atoms with van der Waals surface area (Å²) in [4.78, 5) is 27.7. The minimum Gasteiger partial charge on any atom is -0.355 e. The lowest BCUT2D eigenvalue weighted by Gasteiger charge is -2.33. The van der Waals surface area contributed by atoms with E-state index in [-0.39, 0.29) is 12.5 Å². The number of amides is 2. The number of hydrogen-bond donors (Lipinski definition) is 1. The largest absolute Gasteiger partial charge is 0.355 e. The van der Waals surface area contributed by atoms with Crippen LogP contribution in [-0.4, -0.2) is 50.5 Å². The Balaban J connectivity index is 2.44. The van der Waals surface area contributed by atoms with Crippen LogP contribution in [0.15, 0.2) is 42.5 Å². The van der Waals surface area contributed by atoms with Crippen molar-refractivity contribution in [3.8, 4) is 0 Å². The second kappa shape index (κ2) is 12.4. The summed E-state index contributed by atoms with van der Waals surface area (Å²) in [5, 5.41) is 3.45. The van der Waals surface area contributed by atoms with Crippen molar-refractivity contribution in [2.75, 3.05) is 23.7 Å². The number of nitrogens with one attached hydrogen (secondary N) is 1. The van der Waals surface area contributed by atoms with Gasteiger partial charge in [0.1, 0.15) is 12.6 Å². The Morgan fingerprint density at radius 3 is 2.09 bits per heavy atom. The third kappa shape index (κ3) is 7.35. The van der Waals surface area contributed by atoms with Gasteiger partial charge in [-0.25, -0.2) is 8.42 Å². The van der Waals surface area contributed by atoms with Gasteiger partial charge in [0.2, 0.25) is 21.8 Å². The summed E-state index contributed by atoms with van der Waals surface area (Å²) in [6, 6.07) is 11.2. The van der Waals surface area contributed by atoms with Crippen molar-refractivity contribution in [1.82, 2.24) is 10.2 Å². The van der Waals surface area contributed by atoms with E-state index in [0.29, 0.717) is 34.3 Å². The summed E-state index contributed by atoms with van der Waals surface area (Å²) >= 11 is 12.2. The number of halogens is 2. The molecule has 0 radical (unpaired) electrons. The van der Waals surface area contributed by atoms with E-state index in [9.17, 15) is 18.0 Å². The number of sulfonamides is 1. The van der Waals surface area contributed by atoms with Crippen molar-refractivity contribution in [3.05, 3.63) is 63.6 Å². The first kappa shape index (κ1) is 28.0. The summed E-state index contributed by atoms with van der Waals surface area (Å²) in [5.74, 6) is -0.814. The molecule has 0 aromatic heterocycles. The molecule has 0 bridgehead atoms. The smallest absolute Gasteiger partial charge is 0.244 e. The molecule has 2 aromatic carbocycles. The van der Waals surface area contributed by atoms with Gasteiger partial charge < -0.3 is 10.2 Å². The monoisotopic (exact) mass is 527 g/mol. The number of carbonyl (C=O) groups excluding carboxylic acids is 2. The van der Waals surface area contributed by atoms with Gasteiger partial charge >= 0.3 is 0 Å². The first-order valence-corrected chi connectivity index (χ1v) is 13.7.